The van der Waals surface area contributed by atoms with Crippen molar-refractivity contribution in [1.82, 2.24) is 9.13 Å². The fourth-order valence-electron chi connectivity index (χ4n) is 3.04. The Kier molecular flexibility index (Phi) is 8.00. The molecule has 11 heteroatoms. The van der Waals surface area contributed by atoms with Crippen LogP contribution in [0.1, 0.15) is 11.1 Å². The second kappa shape index (κ2) is 10.7. The highest BCUT2D eigenvalue weighted by Gasteiger charge is 2.22. The number of halogens is 1. The summed E-state index contributed by atoms with van der Waals surface area (Å²) < 4.78 is 7.88. The number of aromatic hydroxyl groups is 1. The molecular formula is C23H23BrN4O5S. The van der Waals surface area contributed by atoms with Crippen LogP contribution in [-0.4, -0.2) is 38.1 Å². The van der Waals surface area contributed by atoms with Crippen LogP contribution in [0.2, 0.25) is 0 Å². The molecule has 1 aromatic heterocycles. The fraction of sp³-hybridized carbons (Fsp3) is 0.217. The summed E-state index contributed by atoms with van der Waals surface area (Å²) in [5.41, 5.74) is 0.446. The molecule has 0 atom stereocenters. The smallest absolute Gasteiger partial charge is 0.333 e. The van der Waals surface area contributed by atoms with E-state index >= 15 is 0 Å². The Morgan fingerprint density at radius 1 is 1.15 bits per heavy atom. The zero-order chi connectivity index (χ0) is 25.0. The van der Waals surface area contributed by atoms with E-state index in [1.807, 2.05) is 19.1 Å². The van der Waals surface area contributed by atoms with Crippen molar-refractivity contribution in [2.24, 2.45) is 19.1 Å². The van der Waals surface area contributed by atoms with Gasteiger partial charge in [-0.2, -0.15) is 0 Å². The highest BCUT2D eigenvalue weighted by atomic mass is 79.9. The average Bonchev–Trinajstić information content (AvgIpc) is 2.82. The Bertz CT molecular complexity index is 1380. The number of nitrogens with zero attached hydrogens (tertiary/aromatic N) is 3. The van der Waals surface area contributed by atoms with Gasteiger partial charge in [0.15, 0.2) is 0 Å². The van der Waals surface area contributed by atoms with Crippen molar-refractivity contribution in [1.29, 1.82) is 0 Å². The second-order valence-corrected chi connectivity index (χ2v) is 9.20. The van der Waals surface area contributed by atoms with Crippen LogP contribution in [0, 0.1) is 6.92 Å². The minimum Gasteiger partial charge on any atom is -0.497 e. The molecule has 3 rings (SSSR count). The van der Waals surface area contributed by atoms with Crippen molar-refractivity contribution >= 4 is 50.0 Å². The maximum atomic E-state index is 12.9. The molecule has 0 fully saturated rings. The highest BCUT2D eigenvalue weighted by molar-refractivity contribution is 9.10. The lowest BCUT2D eigenvalue weighted by Gasteiger charge is -2.13. The van der Waals surface area contributed by atoms with Crippen LogP contribution in [0.5, 0.6) is 11.6 Å². The molecule has 0 spiro atoms. The van der Waals surface area contributed by atoms with E-state index in [4.69, 9.17) is 4.74 Å². The van der Waals surface area contributed by atoms with Crippen molar-refractivity contribution in [2.45, 2.75) is 6.92 Å². The second-order valence-electron chi connectivity index (χ2n) is 7.32. The third-order valence-electron chi connectivity index (χ3n) is 4.95. The van der Waals surface area contributed by atoms with Crippen LogP contribution in [0.4, 0.5) is 11.4 Å². The van der Waals surface area contributed by atoms with Gasteiger partial charge < -0.3 is 15.2 Å². The number of carbonyl (C=O) groups excluding carboxylic acids is 1. The van der Waals surface area contributed by atoms with Gasteiger partial charge >= 0.3 is 5.69 Å². The van der Waals surface area contributed by atoms with Crippen LogP contribution in [0.25, 0.3) is 0 Å². The van der Waals surface area contributed by atoms with Gasteiger partial charge in [0, 0.05) is 24.3 Å². The van der Waals surface area contributed by atoms with Gasteiger partial charge in [0.1, 0.15) is 16.4 Å². The molecule has 178 valence electrons. The summed E-state index contributed by atoms with van der Waals surface area (Å²) in [6, 6.07) is 12.2. The molecule has 0 aliphatic carbocycles. The first-order valence-corrected chi connectivity index (χ1v) is 11.8. The molecule has 2 N–H and O–H groups in total. The molecule has 0 aliphatic rings. The van der Waals surface area contributed by atoms with Crippen LogP contribution >= 0.6 is 27.7 Å². The van der Waals surface area contributed by atoms with E-state index in [0.717, 1.165) is 30.9 Å². The number of aromatic nitrogens is 2. The normalized spacial score (nSPS) is 11.4. The number of aliphatic imine (C=N–C) groups is 1. The molecule has 9 nitrogen and oxygen atoms in total. The Balaban J connectivity index is 1.97. The van der Waals surface area contributed by atoms with Gasteiger partial charge in [0.2, 0.25) is 11.8 Å². The molecule has 0 aliphatic heterocycles. The van der Waals surface area contributed by atoms with Gasteiger partial charge in [-0.15, -0.1) is 0 Å². The topological polar surface area (TPSA) is 115 Å². The maximum Gasteiger partial charge on any atom is 0.333 e. The molecule has 3 aromatic rings. The number of amides is 1. The molecule has 0 radical (unpaired) electrons. The number of hydrogen-bond acceptors (Lipinski definition) is 7. The Labute approximate surface area is 208 Å². The number of aryl methyl sites for hydroxylation is 1. The van der Waals surface area contributed by atoms with Gasteiger partial charge in [-0.25, -0.2) is 9.79 Å². The van der Waals surface area contributed by atoms with Gasteiger partial charge in [-0.1, -0.05) is 27.7 Å². The lowest BCUT2D eigenvalue weighted by atomic mass is 10.2. The molecule has 0 unspecified atom stereocenters. The van der Waals surface area contributed by atoms with E-state index < -0.39 is 17.1 Å². The van der Waals surface area contributed by atoms with Crippen LogP contribution in [0.15, 0.2) is 61.5 Å². The van der Waals surface area contributed by atoms with Gasteiger partial charge in [-0.3, -0.25) is 18.7 Å². The van der Waals surface area contributed by atoms with Gasteiger partial charge in [-0.05, 0) is 55.0 Å². The van der Waals surface area contributed by atoms with Crippen LogP contribution < -0.4 is 21.3 Å². The van der Waals surface area contributed by atoms with Gasteiger partial charge in [0.25, 0.3) is 5.56 Å². The summed E-state index contributed by atoms with van der Waals surface area (Å²) in [6.45, 7) is 1.87. The number of carbonyl (C=O) groups is 1. The molecule has 1 amide bonds. The largest absolute Gasteiger partial charge is 0.497 e. The molecule has 0 saturated heterocycles. The van der Waals surface area contributed by atoms with Crippen molar-refractivity contribution in [2.75, 3.05) is 18.2 Å². The number of methoxy groups -OCH3 is 1. The number of rotatable bonds is 6. The standard InChI is InChI=1S/C23H23BrN4O5S/c1-13-11-14(24)5-10-17(13)26-18(29)12-34-20(25-15-6-8-16(33-4)9-7-15)19-21(30)27(2)23(32)28(3)22(19)31/h5-11,30H,12H2,1-4H3,(H,26,29). The van der Waals surface area contributed by atoms with E-state index in [2.05, 4.69) is 26.2 Å². The first-order chi connectivity index (χ1) is 16.1. The number of ether oxygens (including phenoxy) is 1. The predicted molar refractivity (Wildman–Crippen MR) is 138 cm³/mol. The first-order valence-electron chi connectivity index (χ1n) is 10.0. The summed E-state index contributed by atoms with van der Waals surface area (Å²) in [5, 5.41) is 13.5. The Morgan fingerprint density at radius 3 is 2.44 bits per heavy atom. The molecule has 34 heavy (non-hydrogen) atoms. The highest BCUT2D eigenvalue weighted by Crippen LogP contribution is 2.25. The lowest BCUT2D eigenvalue weighted by molar-refractivity contribution is -0.113. The lowest BCUT2D eigenvalue weighted by Crippen LogP contribution is -2.39. The predicted octanol–water partition coefficient (Wildman–Crippen LogP) is 3.32. The Hall–Kier alpha value is -3.31. The number of nitrogens with one attached hydrogen (secondary N) is 1. The molecule has 0 saturated carbocycles. The van der Waals surface area contributed by atoms with E-state index in [1.54, 1.807) is 30.3 Å². The number of thioether (sulfide) groups is 1. The minimum atomic E-state index is -0.718. The van der Waals surface area contributed by atoms with Crippen molar-refractivity contribution < 1.29 is 14.6 Å². The van der Waals surface area contributed by atoms with E-state index in [9.17, 15) is 19.5 Å². The summed E-state index contributed by atoms with van der Waals surface area (Å²) in [5.74, 6) is -0.315. The third kappa shape index (κ3) is 5.60. The van der Waals surface area contributed by atoms with Crippen LogP contribution in [0.3, 0.4) is 0 Å². The van der Waals surface area contributed by atoms with Crippen molar-refractivity contribution in [3.8, 4) is 11.6 Å². The van der Waals surface area contributed by atoms with Crippen molar-refractivity contribution in [3.05, 3.63) is 78.9 Å². The monoisotopic (exact) mass is 546 g/mol. The van der Waals surface area contributed by atoms with E-state index in [1.165, 1.54) is 21.2 Å². The maximum absolute atomic E-state index is 12.9. The minimum absolute atomic E-state index is 0.0874. The third-order valence-corrected chi connectivity index (χ3v) is 6.42. The van der Waals surface area contributed by atoms with Gasteiger partial charge in [0.05, 0.1) is 18.6 Å². The summed E-state index contributed by atoms with van der Waals surface area (Å²) >= 11 is 4.37. The number of anilines is 1. The zero-order valence-electron chi connectivity index (χ0n) is 19.0. The molecule has 1 heterocycles. The number of hydrogen-bond donors (Lipinski definition) is 2. The van der Waals surface area contributed by atoms with E-state index in [-0.39, 0.29) is 22.3 Å². The van der Waals surface area contributed by atoms with Crippen molar-refractivity contribution in [3.63, 3.8) is 0 Å². The van der Waals surface area contributed by atoms with Crippen LogP contribution in [-0.2, 0) is 18.9 Å². The molecular weight excluding hydrogens is 524 g/mol. The number of benzene rings is 2. The van der Waals surface area contributed by atoms with E-state index in [0.29, 0.717) is 17.1 Å². The molecule has 0 bridgehead atoms. The molecule has 2 aromatic carbocycles. The zero-order valence-corrected chi connectivity index (χ0v) is 21.4. The summed E-state index contributed by atoms with van der Waals surface area (Å²) in [7, 11) is 4.20. The fourth-order valence-corrected chi connectivity index (χ4v) is 4.35. The Morgan fingerprint density at radius 2 is 1.82 bits per heavy atom. The summed E-state index contributed by atoms with van der Waals surface area (Å²) in [4.78, 5) is 42.2. The SMILES string of the molecule is COc1ccc(N=C(SCC(=O)Nc2ccc(Br)cc2C)c2c(O)n(C)c(=O)n(C)c2=O)cc1. The average molecular weight is 547 g/mol. The first kappa shape index (κ1) is 25.3. The quantitative estimate of drug-likeness (QED) is 0.362. The summed E-state index contributed by atoms with van der Waals surface area (Å²) in [6.07, 6.45) is 0.